The number of nitrogens with one attached hydrogen (secondary N) is 1. The fourth-order valence-corrected chi connectivity index (χ4v) is 3.99. The van der Waals surface area contributed by atoms with Gasteiger partial charge in [0.25, 0.3) is 10.0 Å². The Bertz CT molecular complexity index is 1310. The molecule has 0 aromatic heterocycles. The maximum Gasteiger partial charge on any atom is 0.416 e. The van der Waals surface area contributed by atoms with Crippen molar-refractivity contribution in [3.05, 3.63) is 89.5 Å². The second-order valence-electron chi connectivity index (χ2n) is 7.31. The van der Waals surface area contributed by atoms with Crippen molar-refractivity contribution in [3.63, 3.8) is 0 Å². The number of rotatable bonds is 7. The van der Waals surface area contributed by atoms with Gasteiger partial charge in [0.1, 0.15) is 0 Å². The first-order valence-electron chi connectivity index (χ1n) is 10.2. The molecule has 0 radical (unpaired) electrons. The summed E-state index contributed by atoms with van der Waals surface area (Å²) in [6, 6.07) is 16.1. The zero-order chi connectivity index (χ0) is 26.9. The molecule has 0 aliphatic rings. The summed E-state index contributed by atoms with van der Waals surface area (Å²) in [7, 11) is -2.78. The normalized spacial score (nSPS) is 11.1. The van der Waals surface area contributed by atoms with Crippen LogP contribution >= 0.6 is 0 Å². The predicted octanol–water partition coefficient (Wildman–Crippen LogP) is 4.12. The van der Waals surface area contributed by atoms with Gasteiger partial charge >= 0.3 is 18.1 Å². The highest BCUT2D eigenvalue weighted by Crippen LogP contribution is 2.30. The molecule has 3 aromatic rings. The molecule has 3 aromatic carbocycles. The van der Waals surface area contributed by atoms with Crippen molar-refractivity contribution in [2.45, 2.75) is 23.9 Å². The molecule has 4 N–H and O–H groups in total. The van der Waals surface area contributed by atoms with E-state index in [2.05, 4.69) is 9.46 Å². The van der Waals surface area contributed by atoms with Gasteiger partial charge in [0.05, 0.1) is 36.1 Å². The zero-order valence-electron chi connectivity index (χ0n) is 19.0. The minimum atomic E-state index is -4.57. The SMILES string of the molecule is COC(=O)Cc1ccccc1N.O=C(O)Cc1ccccc1NS(=O)(=O)c1ccc(C(F)(F)F)cc1. The van der Waals surface area contributed by atoms with E-state index in [0.717, 1.165) is 17.7 Å². The van der Waals surface area contributed by atoms with Crippen LogP contribution in [-0.4, -0.2) is 32.6 Å². The van der Waals surface area contributed by atoms with Crippen LogP contribution in [0.2, 0.25) is 0 Å². The van der Waals surface area contributed by atoms with Crippen molar-refractivity contribution in [2.24, 2.45) is 0 Å². The van der Waals surface area contributed by atoms with Crippen LogP contribution in [0.4, 0.5) is 24.5 Å². The molecule has 36 heavy (non-hydrogen) atoms. The summed E-state index contributed by atoms with van der Waals surface area (Å²) in [5, 5.41) is 8.83. The number of ether oxygens (including phenoxy) is 1. The van der Waals surface area contributed by atoms with E-state index in [1.165, 1.54) is 25.3 Å². The van der Waals surface area contributed by atoms with Gasteiger partial charge < -0.3 is 15.6 Å². The van der Waals surface area contributed by atoms with Crippen LogP contribution in [0.1, 0.15) is 16.7 Å². The number of nitrogens with two attached hydrogens (primary N) is 1. The molecule has 0 bridgehead atoms. The van der Waals surface area contributed by atoms with Gasteiger partial charge in [-0.2, -0.15) is 13.2 Å². The first-order valence-corrected chi connectivity index (χ1v) is 11.7. The third-order valence-electron chi connectivity index (χ3n) is 4.71. The number of carboxylic acid groups (broad SMARTS) is 1. The summed E-state index contributed by atoms with van der Waals surface area (Å²) in [4.78, 5) is 21.3. The van der Waals surface area contributed by atoms with E-state index in [-0.39, 0.29) is 28.5 Å². The number of esters is 1. The number of sulfonamides is 1. The van der Waals surface area contributed by atoms with Crippen molar-refractivity contribution < 1.29 is 41.0 Å². The van der Waals surface area contributed by atoms with E-state index in [0.29, 0.717) is 17.8 Å². The third kappa shape index (κ3) is 8.31. The first-order chi connectivity index (χ1) is 16.8. The van der Waals surface area contributed by atoms with Crippen molar-refractivity contribution in [2.75, 3.05) is 17.6 Å². The summed E-state index contributed by atoms with van der Waals surface area (Å²) in [6.45, 7) is 0. The fraction of sp³-hybridized carbons (Fsp3) is 0.167. The second-order valence-corrected chi connectivity index (χ2v) is 8.99. The smallest absolute Gasteiger partial charge is 0.416 e. The van der Waals surface area contributed by atoms with Crippen molar-refractivity contribution >= 4 is 33.3 Å². The number of alkyl halides is 3. The van der Waals surface area contributed by atoms with Crippen LogP contribution in [0.25, 0.3) is 0 Å². The number of carbonyl (C=O) groups excluding carboxylic acids is 1. The van der Waals surface area contributed by atoms with Gasteiger partial charge in [0.2, 0.25) is 0 Å². The zero-order valence-corrected chi connectivity index (χ0v) is 19.8. The average molecular weight is 525 g/mol. The largest absolute Gasteiger partial charge is 0.481 e. The highest BCUT2D eigenvalue weighted by atomic mass is 32.2. The number of methoxy groups -OCH3 is 1. The van der Waals surface area contributed by atoms with Crippen molar-refractivity contribution in [1.82, 2.24) is 0 Å². The highest BCUT2D eigenvalue weighted by Gasteiger charge is 2.30. The lowest BCUT2D eigenvalue weighted by Crippen LogP contribution is -2.15. The molecule has 12 heteroatoms. The molecule has 0 amide bonds. The molecule has 192 valence electrons. The number of benzene rings is 3. The molecule has 0 unspecified atom stereocenters. The van der Waals surface area contributed by atoms with E-state index in [1.54, 1.807) is 12.1 Å². The monoisotopic (exact) mass is 524 g/mol. The number of carboxylic acids is 1. The number of hydrogen-bond donors (Lipinski definition) is 3. The first kappa shape index (κ1) is 28.2. The molecule has 8 nitrogen and oxygen atoms in total. The molecule has 0 heterocycles. The Labute approximate surface area is 205 Å². The van der Waals surface area contributed by atoms with E-state index in [9.17, 15) is 31.2 Å². The number of halogens is 3. The Balaban J connectivity index is 0.000000319. The van der Waals surface area contributed by atoms with Gasteiger partial charge in [-0.1, -0.05) is 36.4 Å². The molecule has 0 spiro atoms. The summed E-state index contributed by atoms with van der Waals surface area (Å²) in [5.74, 6) is -1.41. The van der Waals surface area contributed by atoms with Gasteiger partial charge in [-0.3, -0.25) is 14.3 Å². The van der Waals surface area contributed by atoms with Crippen LogP contribution in [0, 0.1) is 0 Å². The van der Waals surface area contributed by atoms with E-state index < -0.39 is 34.2 Å². The third-order valence-corrected chi connectivity index (χ3v) is 6.09. The maximum atomic E-state index is 12.5. The Kier molecular flexibility index (Phi) is 9.45. The predicted molar refractivity (Wildman–Crippen MR) is 127 cm³/mol. The van der Waals surface area contributed by atoms with Gasteiger partial charge in [0.15, 0.2) is 0 Å². The molecule has 0 aliphatic heterocycles. The summed E-state index contributed by atoms with van der Waals surface area (Å²) >= 11 is 0. The lowest BCUT2D eigenvalue weighted by atomic mass is 10.1. The van der Waals surface area contributed by atoms with Crippen LogP contribution in [0.5, 0.6) is 0 Å². The van der Waals surface area contributed by atoms with Crippen LogP contribution in [0.3, 0.4) is 0 Å². The number of carbonyl (C=O) groups is 2. The Morgan fingerprint density at radius 1 is 0.917 bits per heavy atom. The van der Waals surface area contributed by atoms with Crippen molar-refractivity contribution in [1.29, 1.82) is 0 Å². The van der Waals surface area contributed by atoms with Crippen LogP contribution < -0.4 is 10.5 Å². The quantitative estimate of drug-likeness (QED) is 0.313. The van der Waals surface area contributed by atoms with Gasteiger partial charge in [-0.25, -0.2) is 8.42 Å². The lowest BCUT2D eigenvalue weighted by molar-refractivity contribution is -0.140. The Morgan fingerprint density at radius 2 is 1.47 bits per heavy atom. The number of anilines is 2. The topological polar surface area (TPSA) is 136 Å². The molecule has 0 atom stereocenters. The molecular formula is C24H23F3N2O6S. The van der Waals surface area contributed by atoms with Crippen molar-refractivity contribution in [3.8, 4) is 0 Å². The Hall–Kier alpha value is -4.06. The van der Waals surface area contributed by atoms with Gasteiger partial charge in [-0.15, -0.1) is 0 Å². The molecule has 0 fully saturated rings. The summed E-state index contributed by atoms with van der Waals surface area (Å²) in [6.07, 6.45) is -4.72. The van der Waals surface area contributed by atoms with E-state index in [4.69, 9.17) is 10.8 Å². The number of nitrogen functional groups attached to an aromatic ring is 1. The van der Waals surface area contributed by atoms with E-state index in [1.807, 2.05) is 18.2 Å². The number of hydrogen-bond acceptors (Lipinski definition) is 6. The van der Waals surface area contributed by atoms with Crippen LogP contribution in [0.15, 0.2) is 77.7 Å². The number of aliphatic carboxylic acids is 1. The fourth-order valence-electron chi connectivity index (χ4n) is 2.89. The lowest BCUT2D eigenvalue weighted by Gasteiger charge is -2.12. The molecule has 0 saturated carbocycles. The minimum absolute atomic E-state index is 0.0554. The summed E-state index contributed by atoms with van der Waals surface area (Å²) in [5.41, 5.74) is 6.38. The Morgan fingerprint density at radius 3 is 2.00 bits per heavy atom. The molecule has 0 saturated heterocycles. The molecular weight excluding hydrogens is 501 g/mol. The standard InChI is InChI=1S/C15H12F3NO4S.C9H11NO2/c16-15(17,18)11-5-7-12(8-6-11)24(22,23)19-13-4-2-1-3-10(13)9-14(20)21;1-12-9(11)6-7-4-2-3-5-8(7)10/h1-8,19H,9H2,(H,20,21);2-5H,6,10H2,1H3. The maximum absolute atomic E-state index is 12.5. The minimum Gasteiger partial charge on any atom is -0.481 e. The van der Waals surface area contributed by atoms with E-state index >= 15 is 0 Å². The van der Waals surface area contributed by atoms with Gasteiger partial charge in [0, 0.05) is 5.69 Å². The molecule has 0 aliphatic carbocycles. The second kappa shape index (κ2) is 12.1. The van der Waals surface area contributed by atoms with Gasteiger partial charge in [-0.05, 0) is 47.5 Å². The average Bonchev–Trinajstić information content (AvgIpc) is 2.81. The van der Waals surface area contributed by atoms with Crippen LogP contribution in [-0.2, 0) is 43.4 Å². The molecule has 3 rings (SSSR count). The highest BCUT2D eigenvalue weighted by molar-refractivity contribution is 7.92. The summed E-state index contributed by atoms with van der Waals surface area (Å²) < 4.78 is 68.8. The number of para-hydroxylation sites is 2.